The van der Waals surface area contributed by atoms with E-state index in [1.165, 1.54) is 32.1 Å². The van der Waals surface area contributed by atoms with E-state index in [9.17, 15) is 0 Å². The molecule has 1 aromatic rings. The van der Waals surface area contributed by atoms with Crippen molar-refractivity contribution in [2.24, 2.45) is 0 Å². The standard InChI is InChI=1S/C11H18N4/c1-2-9(3-1)11-13-8-15(14-11)10-4-6-12-7-5-10/h8-10,12H,1-7H2. The minimum Gasteiger partial charge on any atom is -0.317 e. The Balaban J connectivity index is 1.71. The second-order valence-electron chi connectivity index (χ2n) is 4.69. The molecule has 0 amide bonds. The molecule has 0 bridgehead atoms. The summed E-state index contributed by atoms with van der Waals surface area (Å²) >= 11 is 0. The third-order valence-corrected chi connectivity index (χ3v) is 3.68. The molecule has 1 saturated heterocycles. The van der Waals surface area contributed by atoms with Crippen LogP contribution in [0.3, 0.4) is 0 Å². The van der Waals surface area contributed by atoms with Crippen molar-refractivity contribution in [2.75, 3.05) is 13.1 Å². The summed E-state index contributed by atoms with van der Waals surface area (Å²) in [6, 6.07) is 0.576. The Bertz CT molecular complexity index is 323. The zero-order chi connectivity index (χ0) is 10.1. The Hall–Kier alpha value is -0.900. The Labute approximate surface area is 90.1 Å². The fourth-order valence-electron chi connectivity index (χ4n) is 2.39. The maximum Gasteiger partial charge on any atom is 0.153 e. The minimum atomic E-state index is 0.576. The molecule has 1 N–H and O–H groups in total. The van der Waals surface area contributed by atoms with Gasteiger partial charge in [0.25, 0.3) is 0 Å². The van der Waals surface area contributed by atoms with E-state index in [-0.39, 0.29) is 0 Å². The van der Waals surface area contributed by atoms with Gasteiger partial charge in [-0.2, -0.15) is 5.10 Å². The van der Waals surface area contributed by atoms with Crippen LogP contribution in [0.1, 0.15) is 49.9 Å². The lowest BCUT2D eigenvalue weighted by Gasteiger charge is -2.23. The van der Waals surface area contributed by atoms with Gasteiger partial charge < -0.3 is 5.32 Å². The summed E-state index contributed by atoms with van der Waals surface area (Å²) in [4.78, 5) is 4.44. The fourth-order valence-corrected chi connectivity index (χ4v) is 2.39. The molecular formula is C11H18N4. The van der Waals surface area contributed by atoms with Crippen molar-refractivity contribution in [2.45, 2.75) is 44.1 Å². The molecule has 2 fully saturated rings. The molecule has 2 heterocycles. The Kier molecular flexibility index (Phi) is 2.44. The van der Waals surface area contributed by atoms with E-state index >= 15 is 0 Å². The van der Waals surface area contributed by atoms with Crippen LogP contribution in [-0.2, 0) is 0 Å². The molecule has 82 valence electrons. The molecule has 4 heteroatoms. The molecule has 3 rings (SSSR count). The van der Waals surface area contributed by atoms with E-state index < -0.39 is 0 Å². The van der Waals surface area contributed by atoms with Crippen LogP contribution in [0.5, 0.6) is 0 Å². The molecule has 1 saturated carbocycles. The van der Waals surface area contributed by atoms with E-state index in [0.717, 1.165) is 18.9 Å². The Morgan fingerprint density at radius 2 is 2.00 bits per heavy atom. The summed E-state index contributed by atoms with van der Waals surface area (Å²) in [6.07, 6.45) is 8.24. The van der Waals surface area contributed by atoms with Gasteiger partial charge in [-0.05, 0) is 38.8 Å². The van der Waals surface area contributed by atoms with Crippen LogP contribution in [0.4, 0.5) is 0 Å². The van der Waals surface area contributed by atoms with Crippen LogP contribution in [0.2, 0.25) is 0 Å². The summed E-state index contributed by atoms with van der Waals surface area (Å²) in [7, 11) is 0. The summed E-state index contributed by atoms with van der Waals surface area (Å²) in [6.45, 7) is 2.23. The molecule has 1 aliphatic carbocycles. The van der Waals surface area contributed by atoms with E-state index in [4.69, 9.17) is 0 Å². The fraction of sp³-hybridized carbons (Fsp3) is 0.818. The topological polar surface area (TPSA) is 42.7 Å². The lowest BCUT2D eigenvalue weighted by atomic mass is 9.85. The quantitative estimate of drug-likeness (QED) is 0.796. The zero-order valence-corrected chi connectivity index (χ0v) is 9.02. The third-order valence-electron chi connectivity index (χ3n) is 3.68. The van der Waals surface area contributed by atoms with Crippen molar-refractivity contribution in [3.63, 3.8) is 0 Å². The summed E-state index contributed by atoms with van der Waals surface area (Å²) in [5.74, 6) is 1.74. The molecule has 0 spiro atoms. The van der Waals surface area contributed by atoms with Gasteiger partial charge >= 0.3 is 0 Å². The van der Waals surface area contributed by atoms with Gasteiger partial charge in [-0.1, -0.05) is 6.42 Å². The highest BCUT2D eigenvalue weighted by Crippen LogP contribution is 2.34. The van der Waals surface area contributed by atoms with Gasteiger partial charge in [0.15, 0.2) is 5.82 Å². The number of aromatic nitrogens is 3. The number of nitrogens with zero attached hydrogens (tertiary/aromatic N) is 3. The number of piperidine rings is 1. The molecule has 4 nitrogen and oxygen atoms in total. The largest absolute Gasteiger partial charge is 0.317 e. The van der Waals surface area contributed by atoms with Gasteiger partial charge in [0, 0.05) is 5.92 Å². The van der Waals surface area contributed by atoms with Gasteiger partial charge in [0.05, 0.1) is 6.04 Å². The highest BCUT2D eigenvalue weighted by molar-refractivity contribution is 4.99. The van der Waals surface area contributed by atoms with Gasteiger partial charge in [0.2, 0.25) is 0 Å². The number of hydrogen-bond donors (Lipinski definition) is 1. The Morgan fingerprint density at radius 1 is 1.20 bits per heavy atom. The van der Waals surface area contributed by atoms with Crippen LogP contribution in [0, 0.1) is 0 Å². The van der Waals surface area contributed by atoms with Crippen molar-refractivity contribution in [1.82, 2.24) is 20.1 Å². The first-order valence-corrected chi connectivity index (χ1v) is 6.05. The molecule has 0 unspecified atom stereocenters. The SMILES string of the molecule is c1nc(C2CCC2)nn1C1CCNCC1. The van der Waals surface area contributed by atoms with Crippen molar-refractivity contribution in [3.05, 3.63) is 12.2 Å². The molecule has 0 radical (unpaired) electrons. The summed E-state index contributed by atoms with van der Waals surface area (Å²) < 4.78 is 2.09. The van der Waals surface area contributed by atoms with Crippen LogP contribution < -0.4 is 5.32 Å². The maximum atomic E-state index is 4.63. The van der Waals surface area contributed by atoms with E-state index in [1.807, 2.05) is 6.33 Å². The maximum absolute atomic E-state index is 4.63. The van der Waals surface area contributed by atoms with Crippen molar-refractivity contribution in [3.8, 4) is 0 Å². The van der Waals surface area contributed by atoms with Gasteiger partial charge in [-0.25, -0.2) is 9.67 Å². The molecule has 15 heavy (non-hydrogen) atoms. The molecule has 0 aromatic carbocycles. The van der Waals surface area contributed by atoms with E-state index in [1.54, 1.807) is 0 Å². The van der Waals surface area contributed by atoms with Crippen molar-refractivity contribution >= 4 is 0 Å². The normalized spacial score (nSPS) is 24.0. The predicted octanol–water partition coefficient (Wildman–Crippen LogP) is 1.47. The predicted molar refractivity (Wildman–Crippen MR) is 57.8 cm³/mol. The average Bonchev–Trinajstić information content (AvgIpc) is 2.66. The van der Waals surface area contributed by atoms with Crippen LogP contribution in [0.25, 0.3) is 0 Å². The highest BCUT2D eigenvalue weighted by atomic mass is 15.3. The first kappa shape index (κ1) is 9.33. The van der Waals surface area contributed by atoms with E-state index in [2.05, 4.69) is 20.1 Å². The average molecular weight is 206 g/mol. The number of rotatable bonds is 2. The van der Waals surface area contributed by atoms with Gasteiger partial charge in [-0.15, -0.1) is 0 Å². The second-order valence-corrected chi connectivity index (χ2v) is 4.69. The van der Waals surface area contributed by atoms with Crippen LogP contribution in [-0.4, -0.2) is 27.9 Å². The first-order valence-electron chi connectivity index (χ1n) is 6.05. The summed E-state index contributed by atoms with van der Waals surface area (Å²) in [5.41, 5.74) is 0. The molecule has 1 aliphatic heterocycles. The van der Waals surface area contributed by atoms with Gasteiger partial charge in [-0.3, -0.25) is 0 Å². The molecular weight excluding hydrogens is 188 g/mol. The lowest BCUT2D eigenvalue weighted by Crippen LogP contribution is -2.29. The van der Waals surface area contributed by atoms with Crippen LogP contribution in [0.15, 0.2) is 6.33 Å². The molecule has 2 aliphatic rings. The number of nitrogens with one attached hydrogen (secondary N) is 1. The van der Waals surface area contributed by atoms with Crippen LogP contribution >= 0.6 is 0 Å². The Morgan fingerprint density at radius 3 is 2.67 bits per heavy atom. The van der Waals surface area contributed by atoms with Gasteiger partial charge in [0.1, 0.15) is 6.33 Å². The van der Waals surface area contributed by atoms with Crippen molar-refractivity contribution in [1.29, 1.82) is 0 Å². The number of hydrogen-bond acceptors (Lipinski definition) is 3. The smallest absolute Gasteiger partial charge is 0.153 e. The minimum absolute atomic E-state index is 0.576. The monoisotopic (exact) mass is 206 g/mol. The highest BCUT2D eigenvalue weighted by Gasteiger charge is 2.24. The zero-order valence-electron chi connectivity index (χ0n) is 9.02. The van der Waals surface area contributed by atoms with E-state index in [0.29, 0.717) is 12.0 Å². The van der Waals surface area contributed by atoms with Crippen molar-refractivity contribution < 1.29 is 0 Å². The molecule has 1 aromatic heterocycles. The molecule has 0 atom stereocenters. The third kappa shape index (κ3) is 1.78. The first-order chi connectivity index (χ1) is 7.43. The lowest BCUT2D eigenvalue weighted by molar-refractivity contribution is 0.334. The second kappa shape index (κ2) is 3.93. The summed E-state index contributed by atoms with van der Waals surface area (Å²) in [5, 5.41) is 8.01.